The summed E-state index contributed by atoms with van der Waals surface area (Å²) in [6, 6.07) is 4.30. The summed E-state index contributed by atoms with van der Waals surface area (Å²) in [6.07, 6.45) is 3.77. The molecule has 3 atom stereocenters. The van der Waals surface area contributed by atoms with Gasteiger partial charge in [-0.25, -0.2) is 0 Å². The summed E-state index contributed by atoms with van der Waals surface area (Å²) in [5, 5.41) is 0. The van der Waals surface area contributed by atoms with Gasteiger partial charge in [-0.3, -0.25) is 4.90 Å². The molecule has 5 nitrogen and oxygen atoms in total. The number of fused-ring (bicyclic) bond motifs is 1. The number of hydrogen-bond donors (Lipinski definition) is 1. The molecule has 0 bridgehead atoms. The van der Waals surface area contributed by atoms with Crippen LogP contribution in [0, 0.1) is 11.8 Å². The van der Waals surface area contributed by atoms with E-state index in [0.717, 1.165) is 42.6 Å². The lowest BCUT2D eigenvalue weighted by Crippen LogP contribution is -2.38. The number of ether oxygens (including phenoxy) is 3. The molecule has 1 saturated heterocycles. The predicted molar refractivity (Wildman–Crippen MR) is 90.2 cm³/mol. The molecular formula is C18H28N2O3. The Balaban J connectivity index is 1.77. The number of nitrogens with two attached hydrogens (primary N) is 1. The zero-order valence-electron chi connectivity index (χ0n) is 14.4. The Morgan fingerprint density at radius 2 is 1.70 bits per heavy atom. The van der Waals surface area contributed by atoms with E-state index in [2.05, 4.69) is 4.90 Å². The number of methoxy groups -OCH3 is 3. The molecule has 2 fully saturated rings. The molecule has 2 aliphatic rings. The minimum atomic E-state index is 0.367. The van der Waals surface area contributed by atoms with Gasteiger partial charge < -0.3 is 19.9 Å². The second-order valence-electron chi connectivity index (χ2n) is 6.73. The Morgan fingerprint density at radius 3 is 2.35 bits per heavy atom. The summed E-state index contributed by atoms with van der Waals surface area (Å²) < 4.78 is 16.3. The largest absolute Gasteiger partial charge is 0.496 e. The van der Waals surface area contributed by atoms with Crippen LogP contribution >= 0.6 is 0 Å². The van der Waals surface area contributed by atoms with E-state index in [1.807, 2.05) is 12.1 Å². The van der Waals surface area contributed by atoms with Crippen molar-refractivity contribution < 1.29 is 14.2 Å². The average molecular weight is 320 g/mol. The SMILES string of the molecule is COc1cc(OC)c(OC)cc1CN1CC2CCCC(N)C2C1. The van der Waals surface area contributed by atoms with Crippen molar-refractivity contribution in [2.75, 3.05) is 34.4 Å². The molecule has 1 aromatic rings. The molecule has 1 saturated carbocycles. The van der Waals surface area contributed by atoms with Gasteiger partial charge in [-0.15, -0.1) is 0 Å². The van der Waals surface area contributed by atoms with Gasteiger partial charge >= 0.3 is 0 Å². The van der Waals surface area contributed by atoms with Crippen LogP contribution in [0.4, 0.5) is 0 Å². The van der Waals surface area contributed by atoms with Gasteiger partial charge in [-0.2, -0.15) is 0 Å². The molecule has 0 radical (unpaired) electrons. The van der Waals surface area contributed by atoms with Crippen LogP contribution in [-0.2, 0) is 6.54 Å². The van der Waals surface area contributed by atoms with E-state index in [1.165, 1.54) is 19.3 Å². The van der Waals surface area contributed by atoms with E-state index < -0.39 is 0 Å². The first kappa shape index (κ1) is 16.4. The van der Waals surface area contributed by atoms with Crippen LogP contribution in [0.25, 0.3) is 0 Å². The predicted octanol–water partition coefficient (Wildman–Crippen LogP) is 2.27. The third-order valence-corrected chi connectivity index (χ3v) is 5.41. The highest BCUT2D eigenvalue weighted by Crippen LogP contribution is 2.39. The first-order valence-electron chi connectivity index (χ1n) is 8.43. The smallest absolute Gasteiger partial charge is 0.164 e. The lowest BCUT2D eigenvalue weighted by Gasteiger charge is -2.29. The molecular weight excluding hydrogens is 292 g/mol. The fraction of sp³-hybridized carbons (Fsp3) is 0.667. The van der Waals surface area contributed by atoms with Crippen molar-refractivity contribution >= 4 is 0 Å². The van der Waals surface area contributed by atoms with Crippen molar-refractivity contribution in [1.82, 2.24) is 4.90 Å². The molecule has 1 aliphatic heterocycles. The maximum atomic E-state index is 6.33. The minimum absolute atomic E-state index is 0.367. The highest BCUT2D eigenvalue weighted by Gasteiger charge is 2.38. The summed E-state index contributed by atoms with van der Waals surface area (Å²) in [5.41, 5.74) is 7.46. The summed E-state index contributed by atoms with van der Waals surface area (Å²) in [6.45, 7) is 3.09. The van der Waals surface area contributed by atoms with Crippen molar-refractivity contribution in [2.45, 2.75) is 31.8 Å². The second-order valence-corrected chi connectivity index (χ2v) is 6.73. The average Bonchev–Trinajstić information content (AvgIpc) is 2.98. The monoisotopic (exact) mass is 320 g/mol. The van der Waals surface area contributed by atoms with Gasteiger partial charge in [0.2, 0.25) is 0 Å². The Hall–Kier alpha value is -1.46. The van der Waals surface area contributed by atoms with E-state index in [0.29, 0.717) is 17.7 Å². The molecule has 1 aliphatic carbocycles. The second kappa shape index (κ2) is 6.97. The molecule has 2 N–H and O–H groups in total. The van der Waals surface area contributed by atoms with Crippen LogP contribution < -0.4 is 19.9 Å². The van der Waals surface area contributed by atoms with E-state index in [-0.39, 0.29) is 0 Å². The number of benzene rings is 1. The standard InChI is InChI=1S/C18H28N2O3/c1-21-16-8-18(23-3)17(22-2)7-13(16)10-20-9-12-5-4-6-15(19)14(12)11-20/h7-8,12,14-15H,4-6,9-11,19H2,1-3H3. The third kappa shape index (κ3) is 3.26. The topological polar surface area (TPSA) is 57.0 Å². The molecule has 1 heterocycles. The lowest BCUT2D eigenvalue weighted by molar-refractivity contribution is 0.259. The zero-order chi connectivity index (χ0) is 16.4. The van der Waals surface area contributed by atoms with Crippen LogP contribution in [-0.4, -0.2) is 45.4 Å². The minimum Gasteiger partial charge on any atom is -0.496 e. The molecule has 0 spiro atoms. The summed E-state index contributed by atoms with van der Waals surface area (Å²) in [7, 11) is 5.01. The highest BCUT2D eigenvalue weighted by atomic mass is 16.5. The Bertz CT molecular complexity index is 549. The Morgan fingerprint density at radius 1 is 1.00 bits per heavy atom. The molecule has 1 aromatic carbocycles. The summed E-state index contributed by atoms with van der Waals surface area (Å²) in [4.78, 5) is 2.50. The number of hydrogen-bond acceptors (Lipinski definition) is 5. The molecule has 0 amide bonds. The maximum absolute atomic E-state index is 6.33. The van der Waals surface area contributed by atoms with Gasteiger partial charge in [0.1, 0.15) is 5.75 Å². The highest BCUT2D eigenvalue weighted by molar-refractivity contribution is 5.50. The van der Waals surface area contributed by atoms with Crippen LogP contribution in [0.15, 0.2) is 12.1 Å². The third-order valence-electron chi connectivity index (χ3n) is 5.41. The van der Waals surface area contributed by atoms with Crippen LogP contribution in [0.3, 0.4) is 0 Å². The van der Waals surface area contributed by atoms with Crippen molar-refractivity contribution in [1.29, 1.82) is 0 Å². The first-order valence-corrected chi connectivity index (χ1v) is 8.43. The zero-order valence-corrected chi connectivity index (χ0v) is 14.4. The van der Waals surface area contributed by atoms with E-state index in [9.17, 15) is 0 Å². The molecule has 5 heteroatoms. The maximum Gasteiger partial charge on any atom is 0.164 e. The van der Waals surface area contributed by atoms with Gasteiger partial charge in [0.05, 0.1) is 21.3 Å². The summed E-state index contributed by atoms with van der Waals surface area (Å²) >= 11 is 0. The van der Waals surface area contributed by atoms with Crippen LogP contribution in [0.2, 0.25) is 0 Å². The molecule has 3 unspecified atom stereocenters. The van der Waals surface area contributed by atoms with E-state index in [1.54, 1.807) is 21.3 Å². The molecule has 0 aromatic heterocycles. The molecule has 128 valence electrons. The molecule has 23 heavy (non-hydrogen) atoms. The van der Waals surface area contributed by atoms with Gasteiger partial charge in [0.25, 0.3) is 0 Å². The Labute approximate surface area is 138 Å². The number of nitrogens with zero attached hydrogens (tertiary/aromatic N) is 1. The fourth-order valence-electron chi connectivity index (χ4n) is 4.19. The van der Waals surface area contributed by atoms with E-state index >= 15 is 0 Å². The molecule has 3 rings (SSSR count). The number of likely N-dealkylation sites (tertiary alicyclic amines) is 1. The van der Waals surface area contributed by atoms with Crippen molar-refractivity contribution in [3.63, 3.8) is 0 Å². The van der Waals surface area contributed by atoms with Gasteiger partial charge in [0.15, 0.2) is 11.5 Å². The normalized spacial score (nSPS) is 27.6. The van der Waals surface area contributed by atoms with Crippen LogP contribution in [0.1, 0.15) is 24.8 Å². The van der Waals surface area contributed by atoms with Crippen LogP contribution in [0.5, 0.6) is 17.2 Å². The summed E-state index contributed by atoms with van der Waals surface area (Å²) in [5.74, 6) is 3.70. The quantitative estimate of drug-likeness (QED) is 0.902. The van der Waals surface area contributed by atoms with Crippen molar-refractivity contribution in [2.24, 2.45) is 17.6 Å². The number of rotatable bonds is 5. The lowest BCUT2D eigenvalue weighted by atomic mass is 9.78. The first-order chi connectivity index (χ1) is 11.2. The Kier molecular flexibility index (Phi) is 4.97. The van der Waals surface area contributed by atoms with Gasteiger partial charge in [0, 0.05) is 37.3 Å². The van der Waals surface area contributed by atoms with E-state index in [4.69, 9.17) is 19.9 Å². The van der Waals surface area contributed by atoms with Gasteiger partial charge in [-0.05, 0) is 30.7 Å². The fourth-order valence-corrected chi connectivity index (χ4v) is 4.19. The van der Waals surface area contributed by atoms with Gasteiger partial charge in [-0.1, -0.05) is 6.42 Å². The van der Waals surface area contributed by atoms with Crippen molar-refractivity contribution in [3.05, 3.63) is 17.7 Å². The van der Waals surface area contributed by atoms with Crippen molar-refractivity contribution in [3.8, 4) is 17.2 Å².